The number of aliphatic carboxylic acids is 1. The molecule has 0 aliphatic carbocycles. The van der Waals surface area contributed by atoms with Crippen LogP contribution in [0.15, 0.2) is 12.5 Å². The molecule has 0 aliphatic heterocycles. The van der Waals surface area contributed by atoms with Gasteiger partial charge in [0.05, 0.1) is 6.33 Å². The Bertz CT molecular complexity index is 473. The smallest absolute Gasteiger partial charge is 0.326 e. The van der Waals surface area contributed by atoms with E-state index in [1.807, 2.05) is 0 Å². The van der Waals surface area contributed by atoms with E-state index in [1.165, 1.54) is 12.5 Å². The van der Waals surface area contributed by atoms with Gasteiger partial charge in [-0.15, -0.1) is 0 Å². The normalized spacial score (nSPS) is 11.7. The first kappa shape index (κ1) is 15.5. The SMILES string of the molecule is CCN(CC(N)=O)C(=O)N[C@H](Cc1cnc[nH]1)C(=O)O. The number of rotatable bonds is 7. The summed E-state index contributed by atoms with van der Waals surface area (Å²) in [4.78, 5) is 41.5. The Morgan fingerprint density at radius 3 is 2.70 bits per heavy atom. The maximum absolute atomic E-state index is 11.9. The minimum atomic E-state index is -1.18. The molecule has 0 fully saturated rings. The summed E-state index contributed by atoms with van der Waals surface area (Å²) in [6, 6.07) is -1.77. The van der Waals surface area contributed by atoms with E-state index in [9.17, 15) is 14.4 Å². The average Bonchev–Trinajstić information content (AvgIpc) is 2.87. The fourth-order valence-corrected chi connectivity index (χ4v) is 1.57. The zero-order chi connectivity index (χ0) is 15.1. The molecule has 9 heteroatoms. The summed E-state index contributed by atoms with van der Waals surface area (Å²) in [5.74, 6) is -1.84. The first-order valence-electron chi connectivity index (χ1n) is 5.97. The number of carbonyl (C=O) groups is 3. The lowest BCUT2D eigenvalue weighted by atomic mass is 10.1. The van der Waals surface area contributed by atoms with Crippen LogP contribution in [0.1, 0.15) is 12.6 Å². The molecule has 0 aromatic carbocycles. The Kier molecular flexibility index (Phi) is 5.51. The third-order valence-electron chi connectivity index (χ3n) is 2.59. The minimum Gasteiger partial charge on any atom is -0.480 e. The molecule has 110 valence electrons. The number of aromatic nitrogens is 2. The highest BCUT2D eigenvalue weighted by atomic mass is 16.4. The number of aromatic amines is 1. The van der Waals surface area contributed by atoms with Crippen LogP contribution in [0.25, 0.3) is 0 Å². The highest BCUT2D eigenvalue weighted by Crippen LogP contribution is 2.00. The highest BCUT2D eigenvalue weighted by Gasteiger charge is 2.24. The molecule has 0 unspecified atom stereocenters. The molecule has 0 spiro atoms. The maximum atomic E-state index is 11.9. The number of hydrogen-bond acceptors (Lipinski definition) is 4. The fraction of sp³-hybridized carbons (Fsp3) is 0.455. The molecule has 20 heavy (non-hydrogen) atoms. The molecular weight excluding hydrogens is 266 g/mol. The average molecular weight is 283 g/mol. The van der Waals surface area contributed by atoms with Crippen LogP contribution in [0.2, 0.25) is 0 Å². The van der Waals surface area contributed by atoms with E-state index in [2.05, 4.69) is 15.3 Å². The molecule has 0 saturated heterocycles. The third kappa shape index (κ3) is 4.59. The number of carbonyl (C=O) groups excluding carboxylic acids is 2. The summed E-state index contributed by atoms with van der Waals surface area (Å²) < 4.78 is 0. The van der Waals surface area contributed by atoms with Gasteiger partial charge < -0.3 is 26.0 Å². The van der Waals surface area contributed by atoms with Crippen molar-refractivity contribution in [2.24, 2.45) is 5.73 Å². The van der Waals surface area contributed by atoms with Crippen molar-refractivity contribution in [3.8, 4) is 0 Å². The summed E-state index contributed by atoms with van der Waals surface area (Å²) in [6.45, 7) is 1.64. The lowest BCUT2D eigenvalue weighted by molar-refractivity contribution is -0.139. The number of amides is 3. The summed E-state index contributed by atoms with van der Waals surface area (Å²) in [5, 5.41) is 11.4. The van der Waals surface area contributed by atoms with Crippen molar-refractivity contribution in [2.45, 2.75) is 19.4 Å². The largest absolute Gasteiger partial charge is 0.480 e. The summed E-state index contributed by atoms with van der Waals surface area (Å²) in [5.41, 5.74) is 5.60. The predicted octanol–water partition coefficient (Wildman–Crippen LogP) is -1.08. The second-order valence-corrected chi connectivity index (χ2v) is 4.10. The molecule has 1 heterocycles. The van der Waals surface area contributed by atoms with Gasteiger partial charge in [-0.3, -0.25) is 4.79 Å². The number of primary amides is 1. The summed E-state index contributed by atoms with van der Waals surface area (Å²) in [7, 11) is 0. The predicted molar refractivity (Wildman–Crippen MR) is 68.7 cm³/mol. The standard InChI is InChI=1S/C11H17N5O4/c1-2-16(5-9(12)17)11(20)15-8(10(18)19)3-7-4-13-6-14-7/h4,6,8H,2-3,5H2,1H3,(H2,12,17)(H,13,14)(H,15,20)(H,18,19)/t8-/m1/s1. The first-order valence-corrected chi connectivity index (χ1v) is 5.97. The van der Waals surface area contributed by atoms with Gasteiger partial charge in [0.15, 0.2) is 0 Å². The number of carboxylic acids is 1. The van der Waals surface area contributed by atoms with Crippen molar-refractivity contribution in [3.63, 3.8) is 0 Å². The zero-order valence-corrected chi connectivity index (χ0v) is 11.0. The molecule has 0 aliphatic rings. The Balaban J connectivity index is 2.67. The lowest BCUT2D eigenvalue weighted by Crippen LogP contribution is -2.50. The molecule has 1 rings (SSSR count). The van der Waals surface area contributed by atoms with Crippen molar-refractivity contribution >= 4 is 17.9 Å². The maximum Gasteiger partial charge on any atom is 0.326 e. The molecule has 0 saturated carbocycles. The van der Waals surface area contributed by atoms with E-state index in [-0.39, 0.29) is 19.5 Å². The van der Waals surface area contributed by atoms with E-state index in [0.29, 0.717) is 5.69 Å². The van der Waals surface area contributed by atoms with E-state index >= 15 is 0 Å². The number of imidazole rings is 1. The first-order chi connectivity index (χ1) is 9.43. The van der Waals surface area contributed by atoms with Gasteiger partial charge in [0.1, 0.15) is 12.6 Å². The van der Waals surface area contributed by atoms with Gasteiger partial charge in [0.25, 0.3) is 0 Å². The van der Waals surface area contributed by atoms with E-state index in [1.54, 1.807) is 6.92 Å². The Morgan fingerprint density at radius 2 is 2.25 bits per heavy atom. The molecule has 5 N–H and O–H groups in total. The highest BCUT2D eigenvalue weighted by molar-refractivity contribution is 5.86. The van der Waals surface area contributed by atoms with Crippen molar-refractivity contribution < 1.29 is 19.5 Å². The molecule has 1 aromatic rings. The second kappa shape index (κ2) is 7.12. The lowest BCUT2D eigenvalue weighted by Gasteiger charge is -2.22. The molecule has 0 bridgehead atoms. The van der Waals surface area contributed by atoms with Crippen molar-refractivity contribution in [2.75, 3.05) is 13.1 Å². The fourth-order valence-electron chi connectivity index (χ4n) is 1.57. The van der Waals surface area contributed by atoms with E-state index in [0.717, 1.165) is 4.90 Å². The monoisotopic (exact) mass is 283 g/mol. The topological polar surface area (TPSA) is 141 Å². The number of hydrogen-bond donors (Lipinski definition) is 4. The van der Waals surface area contributed by atoms with E-state index < -0.39 is 23.9 Å². The van der Waals surface area contributed by atoms with Gasteiger partial charge in [0.2, 0.25) is 5.91 Å². The van der Waals surface area contributed by atoms with Crippen LogP contribution in [-0.4, -0.2) is 57.0 Å². The van der Waals surface area contributed by atoms with Crippen LogP contribution in [-0.2, 0) is 16.0 Å². The number of nitrogens with two attached hydrogens (primary N) is 1. The quantitative estimate of drug-likeness (QED) is 0.503. The number of urea groups is 1. The number of H-pyrrole nitrogens is 1. The van der Waals surface area contributed by atoms with Crippen LogP contribution < -0.4 is 11.1 Å². The number of nitrogens with zero attached hydrogens (tertiary/aromatic N) is 2. The number of carboxylic acid groups (broad SMARTS) is 1. The molecule has 1 atom stereocenters. The van der Waals surface area contributed by atoms with Crippen LogP contribution >= 0.6 is 0 Å². The van der Waals surface area contributed by atoms with Gasteiger partial charge in [-0.05, 0) is 6.92 Å². The van der Waals surface area contributed by atoms with Crippen LogP contribution in [0.4, 0.5) is 4.79 Å². The van der Waals surface area contributed by atoms with Gasteiger partial charge in [-0.1, -0.05) is 0 Å². The van der Waals surface area contributed by atoms with Gasteiger partial charge >= 0.3 is 12.0 Å². The molecule has 1 aromatic heterocycles. The number of likely N-dealkylation sites (N-methyl/N-ethyl adjacent to an activating group) is 1. The van der Waals surface area contributed by atoms with Crippen LogP contribution in [0.3, 0.4) is 0 Å². The Morgan fingerprint density at radius 1 is 1.55 bits per heavy atom. The Hall–Kier alpha value is -2.58. The molecule has 3 amide bonds. The van der Waals surface area contributed by atoms with Gasteiger partial charge in [0, 0.05) is 24.9 Å². The summed E-state index contributed by atoms with van der Waals surface area (Å²) in [6.07, 6.45) is 2.96. The molecule has 0 radical (unpaired) electrons. The molecule has 9 nitrogen and oxygen atoms in total. The van der Waals surface area contributed by atoms with Gasteiger partial charge in [-0.25, -0.2) is 14.6 Å². The van der Waals surface area contributed by atoms with Crippen LogP contribution in [0.5, 0.6) is 0 Å². The zero-order valence-electron chi connectivity index (χ0n) is 11.0. The molecular formula is C11H17N5O4. The minimum absolute atomic E-state index is 0.0647. The van der Waals surface area contributed by atoms with Crippen molar-refractivity contribution in [1.82, 2.24) is 20.2 Å². The van der Waals surface area contributed by atoms with Gasteiger partial charge in [-0.2, -0.15) is 0 Å². The van der Waals surface area contributed by atoms with Crippen molar-refractivity contribution in [1.29, 1.82) is 0 Å². The summed E-state index contributed by atoms with van der Waals surface area (Å²) >= 11 is 0. The second-order valence-electron chi connectivity index (χ2n) is 4.10. The Labute approximate surface area is 115 Å². The number of nitrogens with one attached hydrogen (secondary N) is 2. The third-order valence-corrected chi connectivity index (χ3v) is 2.59. The van der Waals surface area contributed by atoms with Crippen molar-refractivity contribution in [3.05, 3.63) is 18.2 Å². The van der Waals surface area contributed by atoms with Crippen LogP contribution in [0, 0.1) is 0 Å². The van der Waals surface area contributed by atoms with E-state index in [4.69, 9.17) is 10.8 Å².